The van der Waals surface area contributed by atoms with E-state index in [1.165, 1.54) is 13.8 Å². The van der Waals surface area contributed by atoms with Crippen molar-refractivity contribution in [1.82, 2.24) is 4.31 Å². The van der Waals surface area contributed by atoms with Gasteiger partial charge in [-0.25, -0.2) is 13.2 Å². The molecule has 1 rings (SSSR count). The van der Waals surface area contributed by atoms with Crippen LogP contribution in [0.25, 0.3) is 0 Å². The zero-order valence-electron chi connectivity index (χ0n) is 11.3. The third kappa shape index (κ3) is 3.81. The lowest BCUT2D eigenvalue weighted by Gasteiger charge is -2.26. The van der Waals surface area contributed by atoms with E-state index >= 15 is 0 Å². The molecule has 0 aliphatic carbocycles. The fourth-order valence-corrected chi connectivity index (χ4v) is 4.08. The molecule has 2 N–H and O–H groups in total. The van der Waals surface area contributed by atoms with Crippen molar-refractivity contribution in [3.63, 3.8) is 0 Å². The van der Waals surface area contributed by atoms with Crippen LogP contribution in [0.2, 0.25) is 0 Å². The highest BCUT2D eigenvalue weighted by molar-refractivity contribution is 9.10. The van der Waals surface area contributed by atoms with E-state index in [0.717, 1.165) is 10.4 Å². The highest BCUT2D eigenvalue weighted by Crippen LogP contribution is 2.29. The fraction of sp³-hybridized carbons (Fsp3) is 0.545. The lowest BCUT2D eigenvalue weighted by atomic mass is 10.1. The second-order valence-electron chi connectivity index (χ2n) is 4.80. The molecular formula is C11H16BrNO6S. The number of hydrogen-bond acceptors (Lipinski definition) is 5. The highest BCUT2D eigenvalue weighted by atomic mass is 79.9. The summed E-state index contributed by atoms with van der Waals surface area (Å²) in [5.41, 5.74) is -1.21. The number of likely N-dealkylation sites (N-methyl/N-ethyl adjacent to an activating group) is 1. The molecule has 7 nitrogen and oxygen atoms in total. The standard InChI is InChI=1S/C11H16BrNO6S/c1-4-13(6-11(2,3)16)20(17,18)8-5-7(10(14)15)19-9(8)12/h5,16H,4,6H2,1-3H3,(H,14,15). The van der Waals surface area contributed by atoms with Gasteiger partial charge in [-0.3, -0.25) is 0 Å². The van der Waals surface area contributed by atoms with Crippen molar-refractivity contribution in [3.8, 4) is 0 Å². The van der Waals surface area contributed by atoms with Gasteiger partial charge in [0.1, 0.15) is 4.90 Å². The summed E-state index contributed by atoms with van der Waals surface area (Å²) in [6, 6.07) is 0.939. The number of carboxylic acids is 1. The van der Waals surface area contributed by atoms with Crippen molar-refractivity contribution >= 4 is 31.9 Å². The summed E-state index contributed by atoms with van der Waals surface area (Å²) in [7, 11) is -3.96. The molecule has 1 aromatic heterocycles. The number of carboxylic acid groups (broad SMARTS) is 1. The van der Waals surface area contributed by atoms with Crippen LogP contribution in [0.3, 0.4) is 0 Å². The van der Waals surface area contributed by atoms with Crippen LogP contribution in [0, 0.1) is 0 Å². The van der Waals surface area contributed by atoms with E-state index in [1.807, 2.05) is 0 Å². The van der Waals surface area contributed by atoms with E-state index in [-0.39, 0.29) is 22.7 Å². The lowest BCUT2D eigenvalue weighted by Crippen LogP contribution is -2.42. The molecule has 0 unspecified atom stereocenters. The molecule has 0 fully saturated rings. The molecule has 1 heterocycles. The predicted molar refractivity (Wildman–Crippen MR) is 74.1 cm³/mol. The molecule has 9 heteroatoms. The van der Waals surface area contributed by atoms with E-state index in [9.17, 15) is 18.3 Å². The summed E-state index contributed by atoms with van der Waals surface area (Å²) in [5, 5.41) is 18.6. The topological polar surface area (TPSA) is 108 Å². The van der Waals surface area contributed by atoms with E-state index < -0.39 is 27.4 Å². The second kappa shape index (κ2) is 5.84. The molecule has 0 aliphatic rings. The van der Waals surface area contributed by atoms with Gasteiger partial charge in [0.15, 0.2) is 4.67 Å². The van der Waals surface area contributed by atoms with Gasteiger partial charge in [-0.1, -0.05) is 6.92 Å². The number of halogens is 1. The maximum Gasteiger partial charge on any atom is 0.371 e. The first kappa shape index (κ1) is 17.2. The van der Waals surface area contributed by atoms with Crippen LogP contribution >= 0.6 is 15.9 Å². The van der Waals surface area contributed by atoms with Crippen LogP contribution < -0.4 is 0 Å². The zero-order chi connectivity index (χ0) is 15.7. The van der Waals surface area contributed by atoms with Gasteiger partial charge in [0.05, 0.1) is 5.60 Å². The quantitative estimate of drug-likeness (QED) is 0.786. The monoisotopic (exact) mass is 369 g/mol. The van der Waals surface area contributed by atoms with Crippen LogP contribution in [0.5, 0.6) is 0 Å². The van der Waals surface area contributed by atoms with Gasteiger partial charge >= 0.3 is 5.97 Å². The maximum atomic E-state index is 12.4. The first-order valence-corrected chi connectivity index (χ1v) is 7.97. The molecule has 0 amide bonds. The summed E-state index contributed by atoms with van der Waals surface area (Å²) in [6.45, 7) is 4.60. The number of nitrogens with zero attached hydrogens (tertiary/aromatic N) is 1. The van der Waals surface area contributed by atoms with Gasteiger partial charge in [0, 0.05) is 19.2 Å². The molecule has 0 aromatic carbocycles. The Labute approximate surface area is 125 Å². The summed E-state index contributed by atoms with van der Waals surface area (Å²) in [6.07, 6.45) is 0. The molecule has 0 saturated heterocycles. The Balaban J connectivity index is 3.24. The number of aromatic carboxylic acids is 1. The smallest absolute Gasteiger partial charge is 0.371 e. The van der Waals surface area contributed by atoms with E-state index in [2.05, 4.69) is 15.9 Å². The van der Waals surface area contributed by atoms with Gasteiger partial charge in [0.2, 0.25) is 15.8 Å². The van der Waals surface area contributed by atoms with Crippen LogP contribution in [0.15, 0.2) is 20.0 Å². The minimum Gasteiger partial charge on any atom is -0.475 e. The first-order valence-electron chi connectivity index (χ1n) is 5.74. The molecular weight excluding hydrogens is 354 g/mol. The SMILES string of the molecule is CCN(CC(C)(C)O)S(=O)(=O)c1cc(C(=O)O)oc1Br. The Kier molecular flexibility index (Phi) is 5.01. The van der Waals surface area contributed by atoms with Crippen LogP contribution in [0.4, 0.5) is 0 Å². The van der Waals surface area contributed by atoms with Gasteiger partial charge in [0.25, 0.3) is 0 Å². The van der Waals surface area contributed by atoms with E-state index in [1.54, 1.807) is 6.92 Å². The highest BCUT2D eigenvalue weighted by Gasteiger charge is 2.32. The Morgan fingerprint density at radius 3 is 2.40 bits per heavy atom. The largest absolute Gasteiger partial charge is 0.475 e. The van der Waals surface area contributed by atoms with Gasteiger partial charge in [-0.15, -0.1) is 0 Å². The number of aliphatic hydroxyl groups is 1. The number of sulfonamides is 1. The predicted octanol–water partition coefficient (Wildman–Crippen LogP) is 1.52. The average molecular weight is 370 g/mol. The molecule has 0 radical (unpaired) electrons. The van der Waals surface area contributed by atoms with Crippen molar-refractivity contribution in [1.29, 1.82) is 0 Å². The second-order valence-corrected chi connectivity index (χ2v) is 7.42. The summed E-state index contributed by atoms with van der Waals surface area (Å²) in [4.78, 5) is 10.5. The van der Waals surface area contributed by atoms with Crippen LogP contribution in [-0.2, 0) is 10.0 Å². The number of rotatable bonds is 6. The van der Waals surface area contributed by atoms with Crippen molar-refractivity contribution in [2.24, 2.45) is 0 Å². The van der Waals surface area contributed by atoms with Crippen molar-refractivity contribution in [2.75, 3.05) is 13.1 Å². The minimum atomic E-state index is -3.96. The van der Waals surface area contributed by atoms with Crippen molar-refractivity contribution < 1.29 is 27.8 Å². The summed E-state index contributed by atoms with van der Waals surface area (Å²) >= 11 is 2.90. The normalized spacial score (nSPS) is 12.9. The minimum absolute atomic E-state index is 0.119. The molecule has 0 atom stereocenters. The molecule has 0 saturated carbocycles. The Hall–Kier alpha value is -0.900. The maximum absolute atomic E-state index is 12.4. The lowest BCUT2D eigenvalue weighted by molar-refractivity contribution is 0.0600. The van der Waals surface area contributed by atoms with Crippen LogP contribution in [-0.4, -0.2) is 47.6 Å². The van der Waals surface area contributed by atoms with Gasteiger partial charge < -0.3 is 14.6 Å². The Morgan fingerprint density at radius 2 is 2.05 bits per heavy atom. The summed E-state index contributed by atoms with van der Waals surface area (Å²) < 4.78 is 30.6. The van der Waals surface area contributed by atoms with Gasteiger partial charge in [-0.2, -0.15) is 4.31 Å². The Morgan fingerprint density at radius 1 is 1.50 bits per heavy atom. The van der Waals surface area contributed by atoms with Gasteiger partial charge in [-0.05, 0) is 29.8 Å². The third-order valence-electron chi connectivity index (χ3n) is 2.40. The first-order chi connectivity index (χ1) is 8.99. The van der Waals surface area contributed by atoms with E-state index in [4.69, 9.17) is 9.52 Å². The summed E-state index contributed by atoms with van der Waals surface area (Å²) in [5.74, 6) is -1.84. The molecule has 0 bridgehead atoms. The molecule has 114 valence electrons. The van der Waals surface area contributed by atoms with Crippen molar-refractivity contribution in [3.05, 3.63) is 16.5 Å². The number of hydrogen-bond donors (Lipinski definition) is 2. The number of furan rings is 1. The molecule has 0 spiro atoms. The molecule has 1 aromatic rings. The van der Waals surface area contributed by atoms with Crippen LogP contribution in [0.1, 0.15) is 31.3 Å². The molecule has 20 heavy (non-hydrogen) atoms. The Bertz CT molecular complexity index is 601. The molecule has 0 aliphatic heterocycles. The fourth-order valence-electron chi connectivity index (χ4n) is 1.57. The zero-order valence-corrected chi connectivity index (χ0v) is 13.7. The number of carbonyl (C=O) groups is 1. The third-order valence-corrected chi connectivity index (χ3v) is 5.18. The van der Waals surface area contributed by atoms with Crippen molar-refractivity contribution in [2.45, 2.75) is 31.3 Å². The van der Waals surface area contributed by atoms with E-state index in [0.29, 0.717) is 0 Å². The average Bonchev–Trinajstić information content (AvgIpc) is 2.67.